The Balaban J connectivity index is 0.000000221. The van der Waals surface area contributed by atoms with Crippen molar-refractivity contribution in [2.24, 2.45) is 11.5 Å². The summed E-state index contributed by atoms with van der Waals surface area (Å²) in [4.78, 5) is 98.8. The van der Waals surface area contributed by atoms with Crippen molar-refractivity contribution < 1.29 is 47.7 Å². The Bertz CT molecular complexity index is 3570. The van der Waals surface area contributed by atoms with Crippen LogP contribution in [0.3, 0.4) is 0 Å². The summed E-state index contributed by atoms with van der Waals surface area (Å²) in [6, 6.07) is 20.9. The molecule has 4 aromatic carbocycles. The van der Waals surface area contributed by atoms with E-state index < -0.39 is 5.91 Å². The first-order valence-corrected chi connectivity index (χ1v) is 36.8. The molecule has 29 heteroatoms. The highest BCUT2D eigenvalue weighted by Crippen LogP contribution is 2.32. The molecule has 4 fully saturated rings. The van der Waals surface area contributed by atoms with Crippen molar-refractivity contribution in [3.63, 3.8) is 0 Å². The predicted molar refractivity (Wildman–Crippen MR) is 415 cm³/mol. The van der Waals surface area contributed by atoms with Gasteiger partial charge in [-0.1, -0.05) is 41.5 Å². The number of primary amides is 1. The molecular formula is C76H116N18O11. The second-order valence-corrected chi connectivity index (χ2v) is 26.6. The van der Waals surface area contributed by atoms with Gasteiger partial charge in [0.15, 0.2) is 0 Å². The third kappa shape index (κ3) is 28.7. The first kappa shape index (κ1) is 84.9. The summed E-state index contributed by atoms with van der Waals surface area (Å²) >= 11 is 0. The number of rotatable bonds is 30. The Hall–Kier alpha value is -9.07. The highest BCUT2D eigenvalue weighted by Gasteiger charge is 2.24. The summed E-state index contributed by atoms with van der Waals surface area (Å²) in [5, 5.41) is 27.2. The molecule has 5 aromatic rings. The first-order valence-electron chi connectivity index (χ1n) is 36.8. The molecule has 11 N–H and O–H groups in total. The second kappa shape index (κ2) is 44.7. The Labute approximate surface area is 619 Å². The van der Waals surface area contributed by atoms with Gasteiger partial charge in [0.1, 0.15) is 34.7 Å². The highest BCUT2D eigenvalue weighted by molar-refractivity contribution is 6.01. The number of H-pyrrole nitrogens is 1. The fourth-order valence-corrected chi connectivity index (χ4v) is 11.6. The number of hydrogen-bond donors (Lipinski definition) is 9. The minimum Gasteiger partial charge on any atom is -0.493 e. The monoisotopic (exact) mass is 1460 g/mol. The maximum Gasteiger partial charge on any atom is 0.254 e. The van der Waals surface area contributed by atoms with Gasteiger partial charge in [-0.15, -0.1) is 0 Å². The molecule has 0 aliphatic carbocycles. The minimum absolute atomic E-state index is 0.0151. The molecule has 0 unspecified atom stereocenters. The zero-order valence-corrected chi connectivity index (χ0v) is 63.8. The molecule has 4 aliphatic heterocycles. The van der Waals surface area contributed by atoms with E-state index in [9.17, 15) is 28.8 Å². The van der Waals surface area contributed by atoms with Gasteiger partial charge < -0.3 is 81.0 Å². The standard InChI is InChI=1S/C24H35N5O3.C18H28N4O3.C17H27N5O2.C17H26N4O3/c1-5-14-32-21-9-8-17(25-22(30)16-29-12-10-28(4)11-13-29)15-19(21)23-26-20(7-3)18(6-2)24(31)27-23;1-4-11-25-16-6-5-14(12-15(16)18(19)24-3)20-17(23)13-22-9-7-21(2)8-10-22;1-3-10-24-15-5-4-13(11-14(15)17(18)19)20-16(23)12-22-8-6-21(2)7-9-22;1-3-10-24-15-5-4-13(11-14(15)17(18)23)19-16(22)12-21-8-6-20(2)7-9-21/h8-9,15H,5-7,10-14,16H2,1-4H3,(H,25,30)(H,26,27,31);5-6,12,19H,4,7-11,13H2,1-3H3,(H,20,23);4-5,11H,3,6-10,12H2,1-2H3,(H3,18,19)(H,20,23);4-5,11H,3,6-10,12H2,1-2H3,(H2,18,23)(H,19,22). The lowest BCUT2D eigenvalue weighted by Gasteiger charge is -2.31. The average molecular weight is 1460 g/mol. The van der Waals surface area contributed by atoms with Gasteiger partial charge in [0.2, 0.25) is 29.5 Å². The van der Waals surface area contributed by atoms with E-state index in [1.807, 2.05) is 59.7 Å². The van der Waals surface area contributed by atoms with Gasteiger partial charge in [-0.05, 0) is 140 Å². The predicted octanol–water partition coefficient (Wildman–Crippen LogP) is 5.88. The largest absolute Gasteiger partial charge is 0.493 e. The number of ether oxygens (including phenoxy) is 5. The lowest BCUT2D eigenvalue weighted by Crippen LogP contribution is -2.47. The number of benzene rings is 4. The van der Waals surface area contributed by atoms with Crippen LogP contribution in [0.2, 0.25) is 0 Å². The van der Waals surface area contributed by atoms with Crippen LogP contribution in [0.25, 0.3) is 11.4 Å². The van der Waals surface area contributed by atoms with E-state index in [2.05, 4.69) is 93.6 Å². The van der Waals surface area contributed by atoms with Crippen LogP contribution in [0.4, 0.5) is 22.7 Å². The van der Waals surface area contributed by atoms with Gasteiger partial charge in [0.25, 0.3) is 11.5 Å². The molecule has 0 saturated carbocycles. The maximum atomic E-state index is 12.6. The van der Waals surface area contributed by atoms with Crippen LogP contribution in [0, 0.1) is 10.8 Å². The number of amides is 5. The molecule has 105 heavy (non-hydrogen) atoms. The molecule has 5 heterocycles. The topological polar surface area (TPSA) is 351 Å². The van der Waals surface area contributed by atoms with E-state index in [-0.39, 0.29) is 46.5 Å². The van der Waals surface area contributed by atoms with Crippen molar-refractivity contribution in [1.29, 1.82) is 10.8 Å². The van der Waals surface area contributed by atoms with Crippen molar-refractivity contribution in [2.75, 3.05) is 214 Å². The smallest absolute Gasteiger partial charge is 0.254 e. The average Bonchev–Trinajstić information content (AvgIpc) is 0.799. The maximum absolute atomic E-state index is 12.6. The third-order valence-electron chi connectivity index (χ3n) is 17.8. The number of nitrogens with one attached hydrogen (secondary N) is 7. The summed E-state index contributed by atoms with van der Waals surface area (Å²) < 4.78 is 27.7. The van der Waals surface area contributed by atoms with Crippen LogP contribution >= 0.6 is 0 Å². The van der Waals surface area contributed by atoms with Crippen LogP contribution in [-0.2, 0) is 36.8 Å². The van der Waals surface area contributed by atoms with Gasteiger partial charge in [0.05, 0.1) is 87.7 Å². The number of aryl methyl sites for hydroxylation is 1. The lowest BCUT2D eigenvalue weighted by molar-refractivity contribution is -0.118. The van der Waals surface area contributed by atoms with E-state index in [1.54, 1.807) is 54.6 Å². The fraction of sp³-hybridized carbons (Fsp3) is 0.539. The number of nitrogen functional groups attached to an aromatic ring is 1. The molecule has 0 atom stereocenters. The third-order valence-corrected chi connectivity index (χ3v) is 17.8. The number of anilines is 4. The summed E-state index contributed by atoms with van der Waals surface area (Å²) in [5.41, 5.74) is 16.9. The minimum atomic E-state index is -0.573. The van der Waals surface area contributed by atoms with Crippen molar-refractivity contribution in [2.45, 2.75) is 80.1 Å². The molecular weight excluding hydrogens is 1340 g/mol. The molecule has 0 radical (unpaired) electrons. The zero-order chi connectivity index (χ0) is 76.4. The molecule has 4 saturated heterocycles. The SMILES string of the molecule is CCCOc1ccc(NC(=O)CN2CCN(C)CC2)cc1-c1nc(CC)c(CC)c(=O)[nH]1.CCCOc1ccc(NC(=O)CN2CCN(C)CC2)cc1C(=N)N.CCCOc1ccc(NC(=O)CN2CCN(C)CC2)cc1C(=N)OC.CCCOc1ccc(NC(=O)CN2CCN(C)CC2)cc1C(N)=O. The van der Waals surface area contributed by atoms with Gasteiger partial charge in [-0.2, -0.15) is 0 Å². The molecule has 0 spiro atoms. The number of nitrogens with zero attached hydrogens (tertiary/aromatic N) is 9. The van der Waals surface area contributed by atoms with E-state index in [1.165, 1.54) is 7.11 Å². The summed E-state index contributed by atoms with van der Waals surface area (Å²) in [7, 11) is 9.79. The van der Waals surface area contributed by atoms with Crippen molar-refractivity contribution in [3.05, 3.63) is 111 Å². The second-order valence-electron chi connectivity index (χ2n) is 26.6. The van der Waals surface area contributed by atoms with Crippen molar-refractivity contribution >= 4 is 64.0 Å². The van der Waals surface area contributed by atoms with Crippen LogP contribution in [0.15, 0.2) is 77.6 Å². The molecule has 4 aliphatic rings. The van der Waals surface area contributed by atoms with Crippen molar-refractivity contribution in [1.82, 2.24) is 49.2 Å². The lowest BCUT2D eigenvalue weighted by atomic mass is 10.1. The number of likely N-dealkylation sites (N-methyl/N-ethyl adjacent to an activating group) is 4. The summed E-state index contributed by atoms with van der Waals surface area (Å²) in [6.45, 7) is 30.5. The van der Waals surface area contributed by atoms with Crippen LogP contribution in [0.1, 0.15) is 100.0 Å². The number of methoxy groups -OCH3 is 1. The molecule has 9 rings (SSSR count). The quantitative estimate of drug-likeness (QED) is 0.0191. The molecule has 0 bridgehead atoms. The Morgan fingerprint density at radius 2 is 0.762 bits per heavy atom. The van der Waals surface area contributed by atoms with Crippen LogP contribution in [-0.4, -0.2) is 283 Å². The number of nitrogens with two attached hydrogens (primary N) is 2. The zero-order valence-electron chi connectivity index (χ0n) is 63.8. The Morgan fingerprint density at radius 3 is 1.09 bits per heavy atom. The highest BCUT2D eigenvalue weighted by atomic mass is 16.5. The number of piperazine rings is 4. The number of carbonyl (C=O) groups is 5. The normalized spacial score (nSPS) is 15.6. The Kier molecular flexibility index (Phi) is 36.1. The van der Waals surface area contributed by atoms with Gasteiger partial charge in [0, 0.05) is 133 Å². The number of hydrogen-bond acceptors (Lipinski definition) is 22. The van der Waals surface area contributed by atoms with E-state index >= 15 is 0 Å². The number of amidine groups is 1. The molecule has 5 amide bonds. The first-order chi connectivity index (χ1) is 50.5. The number of aromatic amines is 1. The van der Waals surface area contributed by atoms with Crippen molar-refractivity contribution in [3.8, 4) is 34.4 Å². The van der Waals surface area contributed by atoms with Crippen LogP contribution in [0.5, 0.6) is 23.0 Å². The van der Waals surface area contributed by atoms with Crippen LogP contribution < -0.4 is 57.2 Å². The van der Waals surface area contributed by atoms with E-state index in [0.717, 1.165) is 136 Å². The van der Waals surface area contributed by atoms with Gasteiger partial charge >= 0.3 is 0 Å². The number of aromatic nitrogens is 2. The van der Waals surface area contributed by atoms with Gasteiger partial charge in [-0.25, -0.2) is 4.98 Å². The molecule has 576 valence electrons. The number of carbonyl (C=O) groups excluding carboxylic acids is 5. The van der Waals surface area contributed by atoms with E-state index in [4.69, 9.17) is 51.0 Å². The Morgan fingerprint density at radius 1 is 0.448 bits per heavy atom. The van der Waals surface area contributed by atoms with E-state index in [0.29, 0.717) is 139 Å². The summed E-state index contributed by atoms with van der Waals surface area (Å²) in [5.74, 6) is 1.81. The molecule has 1 aromatic heterocycles. The molecule has 29 nitrogen and oxygen atoms in total. The van der Waals surface area contributed by atoms with Gasteiger partial charge in [-0.3, -0.25) is 59.2 Å². The summed E-state index contributed by atoms with van der Waals surface area (Å²) in [6.07, 6.45) is 4.76. The fourth-order valence-electron chi connectivity index (χ4n) is 11.6.